The Hall–Kier alpha value is -2.00. The summed E-state index contributed by atoms with van der Waals surface area (Å²) < 4.78 is 5.42. The van der Waals surface area contributed by atoms with E-state index in [9.17, 15) is 0 Å². The minimum atomic E-state index is 0.461. The normalized spacial score (nSPS) is 17.8. The van der Waals surface area contributed by atoms with E-state index in [0.29, 0.717) is 6.04 Å². The zero-order chi connectivity index (χ0) is 15.5. The second-order valence-electron chi connectivity index (χ2n) is 6.15. The summed E-state index contributed by atoms with van der Waals surface area (Å²) in [6.45, 7) is 7.21. The second-order valence-corrected chi connectivity index (χ2v) is 6.15. The van der Waals surface area contributed by atoms with Gasteiger partial charge in [0.25, 0.3) is 0 Å². The largest absolute Gasteiger partial charge is 0.497 e. The summed E-state index contributed by atoms with van der Waals surface area (Å²) in [5, 5.41) is 3.58. The molecule has 1 N–H and O–H groups in total. The van der Waals surface area contributed by atoms with Crippen LogP contribution < -0.4 is 15.0 Å². The fourth-order valence-corrected chi connectivity index (χ4v) is 3.07. The van der Waals surface area contributed by atoms with Crippen molar-refractivity contribution in [2.24, 2.45) is 0 Å². The molecule has 0 aliphatic carbocycles. The monoisotopic (exact) mass is 296 g/mol. The molecule has 3 heteroatoms. The van der Waals surface area contributed by atoms with Gasteiger partial charge in [0.05, 0.1) is 7.11 Å². The van der Waals surface area contributed by atoms with Crippen LogP contribution in [0.3, 0.4) is 0 Å². The van der Waals surface area contributed by atoms with Crippen molar-refractivity contribution in [1.29, 1.82) is 0 Å². The highest BCUT2D eigenvalue weighted by atomic mass is 16.5. The molecule has 1 heterocycles. The molecule has 0 saturated carbocycles. The van der Waals surface area contributed by atoms with Crippen LogP contribution in [-0.2, 0) is 13.1 Å². The third-order valence-corrected chi connectivity index (χ3v) is 4.22. The van der Waals surface area contributed by atoms with Crippen LogP contribution in [0.1, 0.15) is 23.6 Å². The number of benzene rings is 2. The zero-order valence-electron chi connectivity index (χ0n) is 13.6. The van der Waals surface area contributed by atoms with Gasteiger partial charge >= 0.3 is 0 Å². The van der Waals surface area contributed by atoms with Crippen molar-refractivity contribution in [2.45, 2.75) is 33.0 Å². The lowest BCUT2D eigenvalue weighted by molar-refractivity contribution is 0.414. The van der Waals surface area contributed by atoms with Gasteiger partial charge in [-0.25, -0.2) is 0 Å². The Morgan fingerprint density at radius 1 is 1.23 bits per heavy atom. The van der Waals surface area contributed by atoms with Crippen molar-refractivity contribution in [1.82, 2.24) is 5.32 Å². The Balaban J connectivity index is 1.94. The van der Waals surface area contributed by atoms with Crippen molar-refractivity contribution in [3.05, 3.63) is 59.2 Å². The van der Waals surface area contributed by atoms with Crippen molar-refractivity contribution in [2.75, 3.05) is 18.6 Å². The molecule has 2 aromatic carbocycles. The molecular weight excluding hydrogens is 272 g/mol. The highest BCUT2D eigenvalue weighted by molar-refractivity contribution is 5.58. The predicted octanol–water partition coefficient (Wildman–Crippen LogP) is 3.50. The van der Waals surface area contributed by atoms with Crippen LogP contribution in [0.5, 0.6) is 5.75 Å². The van der Waals surface area contributed by atoms with Crippen LogP contribution in [0, 0.1) is 6.92 Å². The summed E-state index contributed by atoms with van der Waals surface area (Å²) in [6, 6.07) is 15.6. The smallest absolute Gasteiger partial charge is 0.120 e. The van der Waals surface area contributed by atoms with E-state index >= 15 is 0 Å². The number of aryl methyl sites for hydroxylation is 1. The fraction of sp³-hybridized carbons (Fsp3) is 0.368. The first-order valence-electron chi connectivity index (χ1n) is 7.86. The molecule has 22 heavy (non-hydrogen) atoms. The predicted molar refractivity (Wildman–Crippen MR) is 91.5 cm³/mol. The molecular formula is C19H24N2O. The minimum absolute atomic E-state index is 0.461. The molecule has 2 aromatic rings. The first kappa shape index (κ1) is 14.9. The number of nitrogens with zero attached hydrogens (tertiary/aromatic N) is 1. The van der Waals surface area contributed by atoms with Crippen LogP contribution in [0.4, 0.5) is 5.69 Å². The van der Waals surface area contributed by atoms with Crippen LogP contribution >= 0.6 is 0 Å². The van der Waals surface area contributed by atoms with E-state index in [4.69, 9.17) is 4.74 Å². The molecule has 1 unspecified atom stereocenters. The van der Waals surface area contributed by atoms with E-state index in [1.165, 1.54) is 22.4 Å². The molecule has 3 nitrogen and oxygen atoms in total. The average Bonchev–Trinajstić information content (AvgIpc) is 2.66. The lowest BCUT2D eigenvalue weighted by atomic mass is 10.1. The van der Waals surface area contributed by atoms with Gasteiger partial charge in [0.1, 0.15) is 5.75 Å². The number of hydrogen-bond acceptors (Lipinski definition) is 3. The quantitative estimate of drug-likeness (QED) is 0.938. The molecule has 0 aromatic heterocycles. The van der Waals surface area contributed by atoms with Crippen LogP contribution in [-0.4, -0.2) is 19.7 Å². The standard InChI is InChI=1S/C19H24N2O/c1-14-5-4-6-16(9-14)13-21-12-15(2)20-11-17-7-8-18(22-3)10-19(17)21/h4-10,15,20H,11-13H2,1-3H3. The number of methoxy groups -OCH3 is 1. The van der Waals surface area contributed by atoms with Gasteiger partial charge in [-0.15, -0.1) is 0 Å². The summed E-state index contributed by atoms with van der Waals surface area (Å²) in [5.41, 5.74) is 5.27. The maximum absolute atomic E-state index is 5.42. The van der Waals surface area contributed by atoms with Gasteiger partial charge in [-0.3, -0.25) is 0 Å². The van der Waals surface area contributed by atoms with Gasteiger partial charge in [-0.1, -0.05) is 35.9 Å². The lowest BCUT2D eigenvalue weighted by Gasteiger charge is -2.27. The molecule has 1 aliphatic rings. The van der Waals surface area contributed by atoms with E-state index in [1.54, 1.807) is 7.11 Å². The maximum atomic E-state index is 5.42. The van der Waals surface area contributed by atoms with Crippen molar-refractivity contribution >= 4 is 5.69 Å². The first-order valence-corrected chi connectivity index (χ1v) is 7.86. The molecule has 0 fully saturated rings. The van der Waals surface area contributed by atoms with Crippen molar-refractivity contribution in [3.63, 3.8) is 0 Å². The number of rotatable bonds is 3. The molecule has 0 radical (unpaired) electrons. The Bertz CT molecular complexity index is 654. The summed E-state index contributed by atoms with van der Waals surface area (Å²) >= 11 is 0. The van der Waals surface area contributed by atoms with Crippen LogP contribution in [0.2, 0.25) is 0 Å². The highest BCUT2D eigenvalue weighted by Crippen LogP contribution is 2.29. The van der Waals surface area contributed by atoms with Crippen molar-refractivity contribution in [3.8, 4) is 5.75 Å². The molecule has 0 saturated heterocycles. The summed E-state index contributed by atoms with van der Waals surface area (Å²) in [4.78, 5) is 2.46. The molecule has 0 amide bonds. The molecule has 116 valence electrons. The number of nitrogens with one attached hydrogen (secondary N) is 1. The summed E-state index contributed by atoms with van der Waals surface area (Å²) in [6.07, 6.45) is 0. The van der Waals surface area contributed by atoms with E-state index < -0.39 is 0 Å². The molecule has 1 atom stereocenters. The zero-order valence-corrected chi connectivity index (χ0v) is 13.6. The van der Waals surface area contributed by atoms with Crippen LogP contribution in [0.15, 0.2) is 42.5 Å². The van der Waals surface area contributed by atoms with E-state index in [0.717, 1.165) is 25.4 Å². The van der Waals surface area contributed by atoms with Gasteiger partial charge in [-0.2, -0.15) is 0 Å². The molecule has 3 rings (SSSR count). The van der Waals surface area contributed by atoms with E-state index in [1.807, 2.05) is 6.07 Å². The Morgan fingerprint density at radius 3 is 2.86 bits per heavy atom. The lowest BCUT2D eigenvalue weighted by Crippen LogP contribution is -2.35. The van der Waals surface area contributed by atoms with Gasteiger partial charge in [0.2, 0.25) is 0 Å². The number of ether oxygens (including phenoxy) is 1. The summed E-state index contributed by atoms with van der Waals surface area (Å²) in [7, 11) is 1.73. The van der Waals surface area contributed by atoms with Crippen LogP contribution in [0.25, 0.3) is 0 Å². The minimum Gasteiger partial charge on any atom is -0.497 e. The number of hydrogen-bond donors (Lipinski definition) is 1. The maximum Gasteiger partial charge on any atom is 0.120 e. The van der Waals surface area contributed by atoms with E-state index in [-0.39, 0.29) is 0 Å². The third kappa shape index (κ3) is 3.25. The number of anilines is 1. The Kier molecular flexibility index (Phi) is 4.34. The average molecular weight is 296 g/mol. The Labute approximate surface area is 132 Å². The topological polar surface area (TPSA) is 24.5 Å². The second kappa shape index (κ2) is 6.41. The van der Waals surface area contributed by atoms with E-state index in [2.05, 4.69) is 60.5 Å². The van der Waals surface area contributed by atoms with Crippen molar-refractivity contribution < 1.29 is 4.74 Å². The molecule has 1 aliphatic heterocycles. The van der Waals surface area contributed by atoms with Gasteiger partial charge in [-0.05, 0) is 31.0 Å². The summed E-state index contributed by atoms with van der Waals surface area (Å²) in [5.74, 6) is 0.919. The number of fused-ring (bicyclic) bond motifs is 1. The Morgan fingerprint density at radius 2 is 2.09 bits per heavy atom. The SMILES string of the molecule is COc1ccc2c(c1)N(Cc1cccc(C)c1)CC(C)NC2. The third-order valence-electron chi connectivity index (χ3n) is 4.22. The molecule has 0 spiro atoms. The first-order chi connectivity index (χ1) is 10.7. The molecule has 0 bridgehead atoms. The van der Waals surface area contributed by atoms with Gasteiger partial charge in [0.15, 0.2) is 0 Å². The van der Waals surface area contributed by atoms with Gasteiger partial charge < -0.3 is 15.0 Å². The highest BCUT2D eigenvalue weighted by Gasteiger charge is 2.19. The fourth-order valence-electron chi connectivity index (χ4n) is 3.07. The van der Waals surface area contributed by atoms with Gasteiger partial charge in [0, 0.05) is 37.4 Å².